The number of rotatable bonds is 3. The fourth-order valence-corrected chi connectivity index (χ4v) is 1.75. The van der Waals surface area contributed by atoms with Crippen LogP contribution >= 0.6 is 0 Å². The van der Waals surface area contributed by atoms with Gasteiger partial charge in [0, 0.05) is 11.6 Å². The number of ether oxygens (including phenoxy) is 1. The average molecular weight is 259 g/mol. The van der Waals surface area contributed by atoms with Crippen LogP contribution in [0.3, 0.4) is 0 Å². The van der Waals surface area contributed by atoms with Crippen molar-refractivity contribution in [2.45, 2.75) is 13.8 Å². The summed E-state index contributed by atoms with van der Waals surface area (Å²) in [6.45, 7) is 3.52. The van der Waals surface area contributed by atoms with E-state index in [-0.39, 0.29) is 5.69 Å². The van der Waals surface area contributed by atoms with Crippen molar-refractivity contribution in [3.63, 3.8) is 0 Å². The summed E-state index contributed by atoms with van der Waals surface area (Å²) in [5.74, 6) is 0.867. The van der Waals surface area contributed by atoms with Crippen LogP contribution in [0.2, 0.25) is 0 Å². The van der Waals surface area contributed by atoms with Gasteiger partial charge in [0.1, 0.15) is 11.5 Å². The molecule has 0 atom stereocenters. The second-order valence-corrected chi connectivity index (χ2v) is 4.22. The molecule has 6 heteroatoms. The number of nitrogen functional groups attached to an aromatic ring is 1. The lowest BCUT2D eigenvalue weighted by molar-refractivity contribution is -0.385. The molecule has 1 aromatic heterocycles. The van der Waals surface area contributed by atoms with Crippen molar-refractivity contribution >= 4 is 11.4 Å². The molecule has 0 aliphatic heterocycles. The molecule has 6 nitrogen and oxygen atoms in total. The highest BCUT2D eigenvalue weighted by atomic mass is 16.6. The summed E-state index contributed by atoms with van der Waals surface area (Å²) in [4.78, 5) is 14.4. The zero-order valence-corrected chi connectivity index (χ0v) is 10.6. The van der Waals surface area contributed by atoms with Gasteiger partial charge in [0.05, 0.1) is 29.1 Å². The molecule has 2 N–H and O–H groups in total. The molecule has 0 aliphatic rings. The van der Waals surface area contributed by atoms with Gasteiger partial charge < -0.3 is 10.5 Å². The summed E-state index contributed by atoms with van der Waals surface area (Å²) in [6, 6.07) is 4.74. The first kappa shape index (κ1) is 12.8. The van der Waals surface area contributed by atoms with Crippen molar-refractivity contribution in [3.05, 3.63) is 51.8 Å². The summed E-state index contributed by atoms with van der Waals surface area (Å²) in [5, 5.41) is 10.9. The SMILES string of the molecule is Cc1cc(C)c([N+](=O)[O-])cc1Oc1cncc(N)c1. The minimum absolute atomic E-state index is 0.0254. The molecule has 19 heavy (non-hydrogen) atoms. The van der Waals surface area contributed by atoms with Crippen molar-refractivity contribution in [1.29, 1.82) is 0 Å². The summed E-state index contributed by atoms with van der Waals surface area (Å²) < 4.78 is 5.59. The summed E-state index contributed by atoms with van der Waals surface area (Å²) >= 11 is 0. The lowest BCUT2D eigenvalue weighted by Crippen LogP contribution is -1.96. The third-order valence-corrected chi connectivity index (χ3v) is 2.65. The zero-order chi connectivity index (χ0) is 14.0. The van der Waals surface area contributed by atoms with E-state index in [4.69, 9.17) is 10.5 Å². The zero-order valence-electron chi connectivity index (χ0n) is 10.6. The summed E-state index contributed by atoms with van der Waals surface area (Å²) in [5.41, 5.74) is 7.50. The number of aryl methyl sites for hydroxylation is 2. The summed E-state index contributed by atoms with van der Waals surface area (Å²) in [6.07, 6.45) is 3.00. The third-order valence-electron chi connectivity index (χ3n) is 2.65. The van der Waals surface area contributed by atoms with Crippen molar-refractivity contribution in [1.82, 2.24) is 4.98 Å². The number of aromatic nitrogens is 1. The molecule has 1 heterocycles. The quantitative estimate of drug-likeness (QED) is 0.675. The van der Waals surface area contributed by atoms with Crippen LogP contribution in [0.15, 0.2) is 30.6 Å². The molecule has 1 aromatic carbocycles. The highest BCUT2D eigenvalue weighted by molar-refractivity contribution is 5.51. The van der Waals surface area contributed by atoms with Gasteiger partial charge in [-0.05, 0) is 25.5 Å². The molecule has 2 aromatic rings. The molecule has 0 aliphatic carbocycles. The Morgan fingerprint density at radius 2 is 1.95 bits per heavy atom. The molecule has 0 saturated carbocycles. The maximum atomic E-state index is 10.9. The molecule has 0 amide bonds. The second-order valence-electron chi connectivity index (χ2n) is 4.22. The van der Waals surface area contributed by atoms with Gasteiger partial charge in [-0.15, -0.1) is 0 Å². The number of nitro groups is 1. The van der Waals surface area contributed by atoms with E-state index >= 15 is 0 Å². The van der Waals surface area contributed by atoms with Gasteiger partial charge in [-0.25, -0.2) is 0 Å². The van der Waals surface area contributed by atoms with E-state index in [2.05, 4.69) is 4.98 Å². The van der Waals surface area contributed by atoms with E-state index in [1.54, 1.807) is 19.1 Å². The van der Waals surface area contributed by atoms with Crippen molar-refractivity contribution in [2.75, 3.05) is 5.73 Å². The Morgan fingerprint density at radius 3 is 2.58 bits per heavy atom. The Balaban J connectivity index is 2.40. The standard InChI is InChI=1S/C13H13N3O3/c1-8-3-9(2)13(5-12(8)16(17)18)19-11-4-10(14)6-15-7-11/h3-7H,14H2,1-2H3. The Labute approximate surface area is 110 Å². The molecule has 0 spiro atoms. The van der Waals surface area contributed by atoms with Crippen molar-refractivity contribution < 1.29 is 9.66 Å². The highest BCUT2D eigenvalue weighted by Crippen LogP contribution is 2.31. The van der Waals surface area contributed by atoms with Gasteiger partial charge in [0.2, 0.25) is 0 Å². The minimum atomic E-state index is -0.431. The molecule has 0 fully saturated rings. The molecule has 0 radical (unpaired) electrons. The van der Waals surface area contributed by atoms with E-state index in [1.165, 1.54) is 18.5 Å². The van der Waals surface area contributed by atoms with Crippen molar-refractivity contribution in [2.24, 2.45) is 0 Å². The fourth-order valence-electron chi connectivity index (χ4n) is 1.75. The molecular formula is C13H13N3O3. The van der Waals surface area contributed by atoms with Crippen LogP contribution in [-0.4, -0.2) is 9.91 Å². The van der Waals surface area contributed by atoms with Crippen LogP contribution in [0, 0.1) is 24.0 Å². The Bertz CT molecular complexity index is 641. The molecule has 98 valence electrons. The first-order valence-electron chi connectivity index (χ1n) is 5.61. The lowest BCUT2D eigenvalue weighted by Gasteiger charge is -2.09. The Kier molecular flexibility index (Phi) is 3.33. The molecule has 2 rings (SSSR count). The molecule has 0 bridgehead atoms. The van der Waals surface area contributed by atoms with Crippen LogP contribution in [0.25, 0.3) is 0 Å². The van der Waals surface area contributed by atoms with Crippen LogP contribution in [0.5, 0.6) is 11.5 Å². The van der Waals surface area contributed by atoms with Gasteiger partial charge in [-0.1, -0.05) is 0 Å². The highest BCUT2D eigenvalue weighted by Gasteiger charge is 2.15. The monoisotopic (exact) mass is 259 g/mol. The van der Waals surface area contributed by atoms with Gasteiger partial charge in [0.15, 0.2) is 0 Å². The Hall–Kier alpha value is -2.63. The second kappa shape index (κ2) is 4.93. The molecule has 0 unspecified atom stereocenters. The van der Waals surface area contributed by atoms with Gasteiger partial charge in [0.25, 0.3) is 5.69 Å². The van der Waals surface area contributed by atoms with E-state index in [1.807, 2.05) is 6.92 Å². The fraction of sp³-hybridized carbons (Fsp3) is 0.154. The normalized spacial score (nSPS) is 10.2. The number of benzene rings is 1. The van der Waals surface area contributed by atoms with Gasteiger partial charge in [-0.2, -0.15) is 0 Å². The number of nitrogens with two attached hydrogens (primary N) is 1. The van der Waals surface area contributed by atoms with Gasteiger partial charge in [-0.3, -0.25) is 15.1 Å². The number of pyridine rings is 1. The predicted molar refractivity (Wildman–Crippen MR) is 71.3 cm³/mol. The van der Waals surface area contributed by atoms with E-state index in [9.17, 15) is 10.1 Å². The van der Waals surface area contributed by atoms with Crippen LogP contribution in [-0.2, 0) is 0 Å². The van der Waals surface area contributed by atoms with E-state index < -0.39 is 4.92 Å². The van der Waals surface area contributed by atoms with Crippen LogP contribution < -0.4 is 10.5 Å². The Morgan fingerprint density at radius 1 is 1.21 bits per heavy atom. The van der Waals surface area contributed by atoms with Crippen molar-refractivity contribution in [3.8, 4) is 11.5 Å². The third kappa shape index (κ3) is 2.79. The van der Waals surface area contributed by atoms with Crippen LogP contribution in [0.1, 0.15) is 11.1 Å². The first-order chi connectivity index (χ1) is 8.97. The number of nitro benzene ring substituents is 1. The predicted octanol–water partition coefficient (Wildman–Crippen LogP) is 2.98. The minimum Gasteiger partial charge on any atom is -0.455 e. The van der Waals surface area contributed by atoms with E-state index in [0.717, 1.165) is 5.56 Å². The summed E-state index contributed by atoms with van der Waals surface area (Å²) in [7, 11) is 0. The smallest absolute Gasteiger partial charge is 0.276 e. The van der Waals surface area contributed by atoms with Crippen LogP contribution in [0.4, 0.5) is 11.4 Å². The molecular weight excluding hydrogens is 246 g/mol. The average Bonchev–Trinajstić information content (AvgIpc) is 2.32. The number of nitrogens with zero attached hydrogens (tertiary/aromatic N) is 2. The maximum Gasteiger partial charge on any atom is 0.276 e. The van der Waals surface area contributed by atoms with E-state index in [0.29, 0.717) is 22.7 Å². The maximum absolute atomic E-state index is 10.9. The largest absolute Gasteiger partial charge is 0.455 e. The first-order valence-corrected chi connectivity index (χ1v) is 5.61. The molecule has 0 saturated heterocycles. The number of anilines is 1. The topological polar surface area (TPSA) is 91.3 Å². The van der Waals surface area contributed by atoms with Gasteiger partial charge >= 0.3 is 0 Å². The number of hydrogen-bond acceptors (Lipinski definition) is 5. The lowest BCUT2D eigenvalue weighted by atomic mass is 10.1. The number of hydrogen-bond donors (Lipinski definition) is 1.